The highest BCUT2D eigenvalue weighted by Gasteiger charge is 2.38. The van der Waals surface area contributed by atoms with E-state index in [0.717, 1.165) is 0 Å². The van der Waals surface area contributed by atoms with Crippen molar-refractivity contribution in [1.82, 2.24) is 0 Å². The van der Waals surface area contributed by atoms with E-state index in [-0.39, 0.29) is 37.6 Å². The molecule has 6 N–H and O–H groups in total. The Kier molecular flexibility index (Phi) is 10.3. The Hall–Kier alpha value is -0.960. The first-order chi connectivity index (χ1) is 10.9. The zero-order valence-corrected chi connectivity index (χ0v) is 13.6. The lowest BCUT2D eigenvalue weighted by Crippen LogP contribution is -2.37. The summed E-state index contributed by atoms with van der Waals surface area (Å²) in [6.45, 7) is 5.51. The number of aliphatic hydroxyl groups excluding tert-OH is 6. The van der Waals surface area contributed by atoms with Crippen LogP contribution in [0.5, 0.6) is 0 Å². The highest BCUT2D eigenvalue weighted by atomic mass is 16.5. The van der Waals surface area contributed by atoms with E-state index in [2.05, 4.69) is 13.2 Å². The lowest BCUT2D eigenvalue weighted by molar-refractivity contribution is -0.00506. The van der Waals surface area contributed by atoms with Crippen molar-refractivity contribution in [2.24, 2.45) is 10.8 Å². The molecule has 136 valence electrons. The first kappa shape index (κ1) is 22.0. The molecule has 0 heterocycles. The normalized spacial score (nSPS) is 12.3. The predicted octanol–water partition coefficient (Wildman–Crippen LogP) is -0.483. The van der Waals surface area contributed by atoms with Gasteiger partial charge in [0.1, 0.15) is 11.5 Å². The summed E-state index contributed by atoms with van der Waals surface area (Å²) in [6.07, 6.45) is 1.19. The van der Waals surface area contributed by atoms with Gasteiger partial charge in [-0.15, -0.1) is 0 Å². The molecule has 0 spiro atoms. The lowest BCUT2D eigenvalue weighted by Gasteiger charge is -2.36. The monoisotopic (exact) mass is 334 g/mol. The van der Waals surface area contributed by atoms with Crippen molar-refractivity contribution in [3.8, 4) is 0 Å². The maximum absolute atomic E-state index is 9.60. The Morgan fingerprint density at radius 1 is 0.652 bits per heavy atom. The Labute approximate surface area is 137 Å². The molecule has 0 saturated heterocycles. The molecule has 0 bridgehead atoms. The fourth-order valence-electron chi connectivity index (χ4n) is 2.25. The van der Waals surface area contributed by atoms with Gasteiger partial charge in [-0.05, 0) is 25.7 Å². The molecule has 23 heavy (non-hydrogen) atoms. The van der Waals surface area contributed by atoms with Crippen molar-refractivity contribution in [3.63, 3.8) is 0 Å². The van der Waals surface area contributed by atoms with Gasteiger partial charge in [-0.1, -0.05) is 13.2 Å². The van der Waals surface area contributed by atoms with Crippen LogP contribution in [0.2, 0.25) is 0 Å². The van der Waals surface area contributed by atoms with E-state index in [1.807, 2.05) is 0 Å². The van der Waals surface area contributed by atoms with Crippen molar-refractivity contribution in [2.45, 2.75) is 25.7 Å². The van der Waals surface area contributed by atoms with Crippen LogP contribution >= 0.6 is 0 Å². The summed E-state index contributed by atoms with van der Waals surface area (Å²) in [5, 5.41) is 56.3. The van der Waals surface area contributed by atoms with Crippen molar-refractivity contribution >= 4 is 0 Å². The molecule has 0 aliphatic carbocycles. The Morgan fingerprint density at radius 3 is 1.17 bits per heavy atom. The van der Waals surface area contributed by atoms with E-state index in [0.29, 0.717) is 12.8 Å². The van der Waals surface area contributed by atoms with Crippen molar-refractivity contribution in [1.29, 1.82) is 0 Å². The number of ether oxygens (including phenoxy) is 1. The highest BCUT2D eigenvalue weighted by Crippen LogP contribution is 2.38. The molecule has 0 atom stereocenters. The third-order valence-electron chi connectivity index (χ3n) is 4.27. The first-order valence-corrected chi connectivity index (χ1v) is 7.63. The number of hydrogen-bond acceptors (Lipinski definition) is 7. The summed E-state index contributed by atoms with van der Waals surface area (Å²) < 4.78 is 5.55. The molecule has 0 aromatic heterocycles. The zero-order valence-electron chi connectivity index (χ0n) is 13.6. The largest absolute Gasteiger partial charge is 0.466 e. The minimum absolute atomic E-state index is 0.0521. The molecule has 7 nitrogen and oxygen atoms in total. The summed E-state index contributed by atoms with van der Waals surface area (Å²) >= 11 is 0. The summed E-state index contributed by atoms with van der Waals surface area (Å²) in [5.74, 6) is 0.104. The summed E-state index contributed by atoms with van der Waals surface area (Å²) in [5.41, 5.74) is -2.31. The summed E-state index contributed by atoms with van der Waals surface area (Å²) in [4.78, 5) is 0. The van der Waals surface area contributed by atoms with Gasteiger partial charge in [0.15, 0.2) is 0 Å². The van der Waals surface area contributed by atoms with Crippen molar-refractivity contribution in [3.05, 3.63) is 24.7 Å². The van der Waals surface area contributed by atoms with Gasteiger partial charge in [-0.3, -0.25) is 0 Å². The van der Waals surface area contributed by atoms with Gasteiger partial charge in [-0.25, -0.2) is 0 Å². The van der Waals surface area contributed by atoms with Crippen LogP contribution in [0.1, 0.15) is 25.7 Å². The van der Waals surface area contributed by atoms with E-state index in [1.54, 1.807) is 0 Å². The third kappa shape index (κ3) is 5.56. The van der Waals surface area contributed by atoms with Gasteiger partial charge in [-0.2, -0.15) is 0 Å². The molecular weight excluding hydrogens is 304 g/mol. The van der Waals surface area contributed by atoms with E-state index in [1.165, 1.54) is 0 Å². The van der Waals surface area contributed by atoms with Gasteiger partial charge >= 0.3 is 0 Å². The second-order valence-electron chi connectivity index (χ2n) is 5.80. The molecule has 7 heteroatoms. The van der Waals surface area contributed by atoms with Crippen LogP contribution in [0.25, 0.3) is 0 Å². The molecule has 0 aromatic carbocycles. The van der Waals surface area contributed by atoms with Crippen LogP contribution < -0.4 is 0 Å². The maximum atomic E-state index is 9.60. The standard InChI is InChI=1S/C16H30O7/c1-13(15(9-19,10-20)5-3-7-17)23-14(2)16(11-21,12-22)6-4-8-18/h17-22H,1-12H2. The van der Waals surface area contributed by atoms with Gasteiger partial charge < -0.3 is 35.4 Å². The quantitative estimate of drug-likeness (QED) is 0.237. The van der Waals surface area contributed by atoms with E-state index >= 15 is 0 Å². The predicted molar refractivity (Wildman–Crippen MR) is 85.2 cm³/mol. The molecular formula is C16H30O7. The summed E-state index contributed by atoms with van der Waals surface area (Å²) in [6, 6.07) is 0. The molecule has 0 rings (SSSR count). The van der Waals surface area contributed by atoms with Crippen LogP contribution in [0.4, 0.5) is 0 Å². The molecule has 0 saturated carbocycles. The topological polar surface area (TPSA) is 131 Å². The zero-order chi connectivity index (χ0) is 17.9. The molecule has 0 aliphatic rings. The molecule has 0 amide bonds. The number of rotatable bonds is 14. The van der Waals surface area contributed by atoms with Gasteiger partial charge in [0, 0.05) is 13.2 Å². The maximum Gasteiger partial charge on any atom is 0.107 e. The smallest absolute Gasteiger partial charge is 0.107 e. The molecule has 0 aromatic rings. The van der Waals surface area contributed by atoms with E-state index < -0.39 is 37.3 Å². The fraction of sp³-hybridized carbons (Fsp3) is 0.750. The Balaban J connectivity index is 5.17. The fourth-order valence-corrected chi connectivity index (χ4v) is 2.25. The van der Waals surface area contributed by atoms with E-state index in [4.69, 9.17) is 14.9 Å². The Bertz CT molecular complexity index is 325. The summed E-state index contributed by atoms with van der Waals surface area (Å²) in [7, 11) is 0. The van der Waals surface area contributed by atoms with Crippen LogP contribution in [0.15, 0.2) is 24.7 Å². The van der Waals surface area contributed by atoms with E-state index in [9.17, 15) is 20.4 Å². The van der Waals surface area contributed by atoms with Crippen LogP contribution in [-0.2, 0) is 4.74 Å². The van der Waals surface area contributed by atoms with Gasteiger partial charge in [0.05, 0.1) is 37.3 Å². The SMILES string of the molecule is C=C(OC(=C)C(CO)(CO)CCCO)C(CO)(CO)CCCO. The number of aliphatic hydroxyl groups is 6. The molecule has 0 radical (unpaired) electrons. The van der Waals surface area contributed by atoms with Gasteiger partial charge in [0.25, 0.3) is 0 Å². The number of hydrogen-bond donors (Lipinski definition) is 6. The average molecular weight is 334 g/mol. The third-order valence-corrected chi connectivity index (χ3v) is 4.27. The highest BCUT2D eigenvalue weighted by molar-refractivity contribution is 5.12. The van der Waals surface area contributed by atoms with Crippen molar-refractivity contribution in [2.75, 3.05) is 39.6 Å². The molecule has 0 aliphatic heterocycles. The van der Waals surface area contributed by atoms with Crippen LogP contribution in [0, 0.1) is 10.8 Å². The first-order valence-electron chi connectivity index (χ1n) is 7.63. The average Bonchev–Trinajstić information content (AvgIpc) is 2.57. The van der Waals surface area contributed by atoms with Crippen molar-refractivity contribution < 1.29 is 35.4 Å². The molecule has 0 unspecified atom stereocenters. The minimum atomic E-state index is -1.15. The van der Waals surface area contributed by atoms with Gasteiger partial charge in [0.2, 0.25) is 0 Å². The van der Waals surface area contributed by atoms with Crippen LogP contribution in [0.3, 0.4) is 0 Å². The Morgan fingerprint density at radius 2 is 0.957 bits per heavy atom. The molecule has 0 fully saturated rings. The van der Waals surface area contributed by atoms with Crippen LogP contribution in [-0.4, -0.2) is 70.3 Å². The second-order valence-corrected chi connectivity index (χ2v) is 5.80. The minimum Gasteiger partial charge on any atom is -0.466 e. The second kappa shape index (κ2) is 10.7. The lowest BCUT2D eigenvalue weighted by atomic mass is 9.81.